The molecule has 1 aliphatic rings. The molecule has 0 aromatic carbocycles. The van der Waals surface area contributed by atoms with Crippen LogP contribution < -0.4 is 4.90 Å². The van der Waals surface area contributed by atoms with E-state index in [-0.39, 0.29) is 0 Å². The second-order valence-corrected chi connectivity index (χ2v) is 5.73. The highest BCUT2D eigenvalue weighted by atomic mass is 15.3. The Balaban J connectivity index is 1.70. The quantitative estimate of drug-likeness (QED) is 0.736. The molecule has 0 amide bonds. The lowest BCUT2D eigenvalue weighted by molar-refractivity contribution is 0.877. The van der Waals surface area contributed by atoms with Crippen LogP contribution in [0.25, 0.3) is 11.3 Å². The second-order valence-electron chi connectivity index (χ2n) is 5.73. The van der Waals surface area contributed by atoms with Crippen LogP contribution in [0.5, 0.6) is 0 Å². The predicted molar refractivity (Wildman–Crippen MR) is 85.5 cm³/mol. The van der Waals surface area contributed by atoms with Gasteiger partial charge in [0.1, 0.15) is 11.5 Å². The van der Waals surface area contributed by atoms with Gasteiger partial charge in [0.25, 0.3) is 0 Å². The molecule has 4 rings (SSSR count). The first kappa shape index (κ1) is 13.8. The molecule has 7 heteroatoms. The largest absolute Gasteiger partial charge is 0.356 e. The lowest BCUT2D eigenvalue weighted by atomic mass is 10.2. The zero-order valence-electron chi connectivity index (χ0n) is 12.8. The third-order valence-corrected chi connectivity index (χ3v) is 4.17. The summed E-state index contributed by atoms with van der Waals surface area (Å²) in [5, 5.41) is 17.4. The molecule has 3 aromatic heterocycles. The molecule has 23 heavy (non-hydrogen) atoms. The van der Waals surface area contributed by atoms with Gasteiger partial charge in [-0.15, -0.1) is 0 Å². The fraction of sp³-hybridized carbons (Fsp3) is 0.375. The topological polar surface area (TPSA) is 75.0 Å². The first-order chi connectivity index (χ1) is 11.3. The van der Waals surface area contributed by atoms with Crippen LogP contribution >= 0.6 is 0 Å². The standard InChI is InChI=1S/C16H17N7/c17-6-3-4-13-10-18-23(12-13)14-11-19-22-9-5-15(20-16(14)22)21-7-1-2-8-21/h5,9-12H,1-4,7-8H2. The minimum atomic E-state index is 0.498. The Morgan fingerprint density at radius 1 is 1.17 bits per heavy atom. The van der Waals surface area contributed by atoms with Crippen LogP contribution in [0.15, 0.2) is 30.9 Å². The normalized spacial score (nSPS) is 14.5. The van der Waals surface area contributed by atoms with E-state index in [0.29, 0.717) is 12.8 Å². The van der Waals surface area contributed by atoms with Gasteiger partial charge in [0, 0.05) is 31.9 Å². The number of aryl methyl sites for hydroxylation is 1. The van der Waals surface area contributed by atoms with E-state index in [2.05, 4.69) is 21.2 Å². The van der Waals surface area contributed by atoms with Crippen LogP contribution in [-0.2, 0) is 6.42 Å². The summed E-state index contributed by atoms with van der Waals surface area (Å²) < 4.78 is 3.56. The second kappa shape index (κ2) is 5.72. The van der Waals surface area contributed by atoms with Crippen molar-refractivity contribution in [1.29, 1.82) is 5.26 Å². The first-order valence-corrected chi connectivity index (χ1v) is 7.85. The number of aromatic nitrogens is 5. The summed E-state index contributed by atoms with van der Waals surface area (Å²) in [5.74, 6) is 0.994. The Kier molecular flexibility index (Phi) is 3.42. The first-order valence-electron chi connectivity index (χ1n) is 7.85. The summed E-state index contributed by atoms with van der Waals surface area (Å²) in [4.78, 5) is 7.08. The predicted octanol–water partition coefficient (Wildman–Crippen LogP) is 1.97. The summed E-state index contributed by atoms with van der Waals surface area (Å²) in [6.07, 6.45) is 11.1. The average molecular weight is 307 g/mol. The van der Waals surface area contributed by atoms with Gasteiger partial charge in [-0.3, -0.25) is 0 Å². The lowest BCUT2D eigenvalue weighted by Gasteiger charge is -2.16. The minimum Gasteiger partial charge on any atom is -0.356 e. The molecular weight excluding hydrogens is 290 g/mol. The van der Waals surface area contributed by atoms with Crippen molar-refractivity contribution in [3.05, 3.63) is 36.4 Å². The highest BCUT2D eigenvalue weighted by Crippen LogP contribution is 2.21. The Morgan fingerprint density at radius 2 is 2.04 bits per heavy atom. The van der Waals surface area contributed by atoms with Crippen molar-refractivity contribution in [2.24, 2.45) is 0 Å². The zero-order chi connectivity index (χ0) is 15.6. The molecule has 0 unspecified atom stereocenters. The van der Waals surface area contributed by atoms with Gasteiger partial charge in [-0.05, 0) is 30.9 Å². The van der Waals surface area contributed by atoms with Gasteiger partial charge < -0.3 is 4.90 Å². The van der Waals surface area contributed by atoms with E-state index >= 15 is 0 Å². The number of nitriles is 1. The number of anilines is 1. The van der Waals surface area contributed by atoms with Crippen LogP contribution in [0.2, 0.25) is 0 Å². The monoisotopic (exact) mass is 307 g/mol. The molecule has 116 valence electrons. The molecule has 0 saturated carbocycles. The van der Waals surface area contributed by atoms with E-state index in [1.54, 1.807) is 21.6 Å². The van der Waals surface area contributed by atoms with Gasteiger partial charge in [-0.2, -0.15) is 15.5 Å². The van der Waals surface area contributed by atoms with Crippen molar-refractivity contribution in [1.82, 2.24) is 24.4 Å². The van der Waals surface area contributed by atoms with Crippen molar-refractivity contribution >= 4 is 11.5 Å². The highest BCUT2D eigenvalue weighted by Gasteiger charge is 2.16. The molecule has 0 N–H and O–H groups in total. The number of rotatable bonds is 4. The van der Waals surface area contributed by atoms with Gasteiger partial charge in [0.05, 0.1) is 18.5 Å². The van der Waals surface area contributed by atoms with Gasteiger partial charge >= 0.3 is 0 Å². The van der Waals surface area contributed by atoms with Crippen LogP contribution in [0.1, 0.15) is 24.8 Å². The van der Waals surface area contributed by atoms with Gasteiger partial charge in [-0.25, -0.2) is 14.2 Å². The maximum absolute atomic E-state index is 8.69. The van der Waals surface area contributed by atoms with Crippen molar-refractivity contribution in [3.63, 3.8) is 0 Å². The van der Waals surface area contributed by atoms with Crippen molar-refractivity contribution in [3.8, 4) is 11.8 Å². The summed E-state index contributed by atoms with van der Waals surface area (Å²) in [6, 6.07) is 4.17. The SMILES string of the molecule is N#CCCc1cnn(-c2cnn3ccc(N4CCCC4)nc23)c1. The third kappa shape index (κ3) is 2.52. The molecular formula is C16H17N7. The molecule has 7 nitrogen and oxygen atoms in total. The lowest BCUT2D eigenvalue weighted by Crippen LogP contribution is -2.19. The van der Waals surface area contributed by atoms with E-state index in [1.807, 2.05) is 18.5 Å². The number of hydrogen-bond acceptors (Lipinski definition) is 5. The van der Waals surface area contributed by atoms with Gasteiger partial charge in [-0.1, -0.05) is 0 Å². The average Bonchev–Trinajstić information content (AvgIpc) is 3.31. The molecule has 1 aliphatic heterocycles. The van der Waals surface area contributed by atoms with Crippen molar-refractivity contribution in [2.75, 3.05) is 18.0 Å². The Hall–Kier alpha value is -2.88. The Labute approximate surface area is 133 Å². The summed E-state index contributed by atoms with van der Waals surface area (Å²) in [5.41, 5.74) is 2.69. The van der Waals surface area contributed by atoms with E-state index < -0.39 is 0 Å². The Morgan fingerprint density at radius 3 is 2.87 bits per heavy atom. The Bertz CT molecular complexity index is 864. The highest BCUT2D eigenvalue weighted by molar-refractivity contribution is 5.60. The van der Waals surface area contributed by atoms with Crippen molar-refractivity contribution < 1.29 is 0 Å². The fourth-order valence-corrected chi connectivity index (χ4v) is 2.95. The van der Waals surface area contributed by atoms with Crippen molar-refractivity contribution in [2.45, 2.75) is 25.7 Å². The summed E-state index contributed by atoms with van der Waals surface area (Å²) in [6.45, 7) is 2.12. The maximum atomic E-state index is 8.69. The van der Waals surface area contributed by atoms with Crippen LogP contribution in [0.4, 0.5) is 5.82 Å². The maximum Gasteiger partial charge on any atom is 0.183 e. The van der Waals surface area contributed by atoms with E-state index in [1.165, 1.54) is 12.8 Å². The number of nitrogens with zero attached hydrogens (tertiary/aromatic N) is 7. The van der Waals surface area contributed by atoms with Crippen LogP contribution in [0.3, 0.4) is 0 Å². The molecule has 1 saturated heterocycles. The zero-order valence-corrected chi connectivity index (χ0v) is 12.8. The molecule has 1 fully saturated rings. The smallest absolute Gasteiger partial charge is 0.183 e. The minimum absolute atomic E-state index is 0.498. The number of hydrogen-bond donors (Lipinski definition) is 0. The molecule has 0 spiro atoms. The van der Waals surface area contributed by atoms with E-state index in [0.717, 1.165) is 35.8 Å². The summed E-state index contributed by atoms with van der Waals surface area (Å²) >= 11 is 0. The van der Waals surface area contributed by atoms with E-state index in [4.69, 9.17) is 10.2 Å². The molecule has 0 radical (unpaired) electrons. The molecule has 0 bridgehead atoms. The molecule has 4 heterocycles. The molecule has 3 aromatic rings. The van der Waals surface area contributed by atoms with Crippen LogP contribution in [0, 0.1) is 11.3 Å². The number of fused-ring (bicyclic) bond motifs is 1. The summed E-state index contributed by atoms with van der Waals surface area (Å²) in [7, 11) is 0. The third-order valence-electron chi connectivity index (χ3n) is 4.17. The van der Waals surface area contributed by atoms with Crippen LogP contribution in [-0.4, -0.2) is 37.5 Å². The fourth-order valence-electron chi connectivity index (χ4n) is 2.95. The van der Waals surface area contributed by atoms with Gasteiger partial charge in [0.15, 0.2) is 5.65 Å². The van der Waals surface area contributed by atoms with Gasteiger partial charge in [0.2, 0.25) is 0 Å². The van der Waals surface area contributed by atoms with E-state index in [9.17, 15) is 0 Å². The molecule has 0 atom stereocenters. The molecule has 0 aliphatic carbocycles.